The van der Waals surface area contributed by atoms with Gasteiger partial charge in [0.25, 0.3) is 0 Å². The number of nitrogens with zero attached hydrogens (tertiary/aromatic N) is 4. The van der Waals surface area contributed by atoms with Gasteiger partial charge in [-0.05, 0) is 37.5 Å². The van der Waals surface area contributed by atoms with Gasteiger partial charge in [0.1, 0.15) is 11.6 Å². The van der Waals surface area contributed by atoms with Gasteiger partial charge < -0.3 is 4.74 Å². The predicted molar refractivity (Wildman–Crippen MR) is 95.3 cm³/mol. The quantitative estimate of drug-likeness (QED) is 0.794. The maximum absolute atomic E-state index is 14.2. The van der Waals surface area contributed by atoms with Crippen LogP contribution in [0.3, 0.4) is 0 Å². The van der Waals surface area contributed by atoms with Crippen LogP contribution in [0.25, 0.3) is 0 Å². The summed E-state index contributed by atoms with van der Waals surface area (Å²) in [4.78, 5) is 21.2. The summed E-state index contributed by atoms with van der Waals surface area (Å²) in [5.74, 6) is -0.697. The fraction of sp³-hybridized carbons (Fsp3) is 0.400. The molecule has 28 heavy (non-hydrogen) atoms. The number of hydrazone groups is 1. The highest BCUT2D eigenvalue weighted by atomic mass is 19.1. The predicted octanol–water partition coefficient (Wildman–Crippen LogP) is 3.26. The molecule has 1 amide bonds. The first-order valence-electron chi connectivity index (χ1n) is 9.20. The Morgan fingerprint density at radius 1 is 1.25 bits per heavy atom. The van der Waals surface area contributed by atoms with Crippen LogP contribution in [0.2, 0.25) is 0 Å². The summed E-state index contributed by atoms with van der Waals surface area (Å²) in [6.45, 7) is 0.492. The van der Waals surface area contributed by atoms with Crippen molar-refractivity contribution in [3.63, 3.8) is 0 Å². The van der Waals surface area contributed by atoms with E-state index < -0.39 is 23.1 Å². The summed E-state index contributed by atoms with van der Waals surface area (Å²) in [6.07, 6.45) is 8.81. The van der Waals surface area contributed by atoms with Gasteiger partial charge in [-0.1, -0.05) is 0 Å². The van der Waals surface area contributed by atoms with Gasteiger partial charge in [0, 0.05) is 36.0 Å². The van der Waals surface area contributed by atoms with Crippen LogP contribution < -0.4 is 4.74 Å². The highest BCUT2D eigenvalue weighted by Gasteiger charge is 2.73. The molecular formula is C20H18F2N4O2. The Hall–Kier alpha value is -2.90. The summed E-state index contributed by atoms with van der Waals surface area (Å²) in [5.41, 5.74) is -0.316. The second-order valence-electron chi connectivity index (χ2n) is 8.01. The molecule has 0 saturated heterocycles. The zero-order valence-electron chi connectivity index (χ0n) is 15.0. The zero-order chi connectivity index (χ0) is 19.4. The van der Waals surface area contributed by atoms with E-state index in [1.54, 1.807) is 24.8 Å². The van der Waals surface area contributed by atoms with E-state index in [1.807, 2.05) is 0 Å². The first kappa shape index (κ1) is 17.2. The standard InChI is InChI=1S/C20H18F2N4O2/c21-13-1-2-15(22)14(7-13)16-3-4-25-26(16)18(27)20-9-19(10-20,11-20)12-28-17-8-23-5-6-24-17/h1-2,4-8,16H,3,9-12H2. The van der Waals surface area contributed by atoms with Crippen LogP contribution in [-0.2, 0) is 4.79 Å². The Balaban J connectivity index is 1.25. The number of aromatic nitrogens is 2. The minimum Gasteiger partial charge on any atom is -0.476 e. The maximum Gasteiger partial charge on any atom is 0.249 e. The number of halogens is 2. The van der Waals surface area contributed by atoms with Crippen LogP contribution in [-0.4, -0.2) is 33.7 Å². The van der Waals surface area contributed by atoms with Crippen LogP contribution in [0, 0.1) is 22.5 Å². The van der Waals surface area contributed by atoms with Crippen molar-refractivity contribution in [1.29, 1.82) is 0 Å². The zero-order valence-corrected chi connectivity index (χ0v) is 15.0. The Bertz CT molecular complexity index is 946. The van der Waals surface area contributed by atoms with Crippen molar-refractivity contribution in [1.82, 2.24) is 15.0 Å². The molecule has 0 spiro atoms. The second kappa shape index (κ2) is 6.05. The molecule has 1 aliphatic heterocycles. The monoisotopic (exact) mass is 384 g/mol. The summed E-state index contributed by atoms with van der Waals surface area (Å²) in [6, 6.07) is 2.71. The van der Waals surface area contributed by atoms with E-state index in [2.05, 4.69) is 15.1 Å². The molecule has 6 nitrogen and oxygen atoms in total. The van der Waals surface area contributed by atoms with E-state index in [0.29, 0.717) is 38.2 Å². The molecule has 6 rings (SSSR count). The maximum atomic E-state index is 14.2. The van der Waals surface area contributed by atoms with Crippen LogP contribution in [0.15, 0.2) is 41.9 Å². The molecule has 1 aromatic carbocycles. The van der Waals surface area contributed by atoms with Gasteiger partial charge in [-0.15, -0.1) is 0 Å². The van der Waals surface area contributed by atoms with E-state index in [4.69, 9.17) is 4.74 Å². The van der Waals surface area contributed by atoms with Crippen molar-refractivity contribution in [2.75, 3.05) is 6.61 Å². The van der Waals surface area contributed by atoms with E-state index in [9.17, 15) is 13.6 Å². The normalized spacial score (nSPS) is 29.9. The number of ether oxygens (including phenoxy) is 1. The lowest BCUT2D eigenvalue weighted by atomic mass is 9.35. The highest BCUT2D eigenvalue weighted by molar-refractivity contribution is 5.88. The van der Waals surface area contributed by atoms with Gasteiger partial charge in [0.05, 0.1) is 24.3 Å². The molecule has 2 heterocycles. The van der Waals surface area contributed by atoms with E-state index in [1.165, 1.54) is 5.01 Å². The van der Waals surface area contributed by atoms with Crippen molar-refractivity contribution in [3.05, 3.63) is 54.0 Å². The molecule has 2 bridgehead atoms. The first-order chi connectivity index (χ1) is 13.5. The van der Waals surface area contributed by atoms with Crippen molar-refractivity contribution >= 4 is 12.1 Å². The summed E-state index contributed by atoms with van der Waals surface area (Å²) in [7, 11) is 0. The SMILES string of the molecule is O=C(N1N=CCC1c1cc(F)ccc1F)C12CC(COc3cnccn3)(C1)C2. The van der Waals surface area contributed by atoms with Crippen LogP contribution in [0.1, 0.15) is 37.3 Å². The summed E-state index contributed by atoms with van der Waals surface area (Å²) in [5, 5.41) is 5.51. The average molecular weight is 384 g/mol. The average Bonchev–Trinajstić information content (AvgIpc) is 3.11. The largest absolute Gasteiger partial charge is 0.476 e. The van der Waals surface area contributed by atoms with Gasteiger partial charge in [0.2, 0.25) is 11.8 Å². The van der Waals surface area contributed by atoms with Crippen LogP contribution in [0.5, 0.6) is 5.88 Å². The van der Waals surface area contributed by atoms with Crippen molar-refractivity contribution in [2.24, 2.45) is 15.9 Å². The second-order valence-corrected chi connectivity index (χ2v) is 8.01. The number of hydrogen-bond acceptors (Lipinski definition) is 5. The Morgan fingerprint density at radius 2 is 2.07 bits per heavy atom. The van der Waals surface area contributed by atoms with E-state index >= 15 is 0 Å². The lowest BCUT2D eigenvalue weighted by molar-refractivity contribution is -0.227. The number of benzene rings is 1. The van der Waals surface area contributed by atoms with Crippen LogP contribution in [0.4, 0.5) is 8.78 Å². The number of hydrogen-bond donors (Lipinski definition) is 0. The third kappa shape index (κ3) is 2.58. The lowest BCUT2D eigenvalue weighted by Gasteiger charge is -2.69. The molecule has 3 saturated carbocycles. The molecule has 1 atom stereocenters. The van der Waals surface area contributed by atoms with Gasteiger partial charge in [-0.2, -0.15) is 5.10 Å². The van der Waals surface area contributed by atoms with E-state index in [-0.39, 0.29) is 16.9 Å². The number of carbonyl (C=O) groups is 1. The minimum absolute atomic E-state index is 0.0176. The molecule has 3 fully saturated rings. The third-order valence-electron chi connectivity index (χ3n) is 6.01. The van der Waals surface area contributed by atoms with Gasteiger partial charge in [-0.25, -0.2) is 18.8 Å². The van der Waals surface area contributed by atoms with Gasteiger partial charge in [-0.3, -0.25) is 9.78 Å². The van der Waals surface area contributed by atoms with Crippen molar-refractivity contribution in [2.45, 2.75) is 31.7 Å². The number of amides is 1. The van der Waals surface area contributed by atoms with Crippen molar-refractivity contribution < 1.29 is 18.3 Å². The number of carbonyl (C=O) groups excluding carboxylic acids is 1. The molecule has 2 aromatic rings. The molecule has 4 aliphatic rings. The van der Waals surface area contributed by atoms with E-state index in [0.717, 1.165) is 18.2 Å². The van der Waals surface area contributed by atoms with Crippen LogP contribution >= 0.6 is 0 Å². The molecular weight excluding hydrogens is 366 g/mol. The Kier molecular flexibility index (Phi) is 3.72. The summed E-state index contributed by atoms with van der Waals surface area (Å²) < 4.78 is 33.5. The number of rotatable bonds is 5. The lowest BCUT2D eigenvalue weighted by Crippen LogP contribution is -2.69. The molecule has 1 unspecified atom stereocenters. The molecule has 0 radical (unpaired) electrons. The van der Waals surface area contributed by atoms with Crippen molar-refractivity contribution in [3.8, 4) is 5.88 Å². The molecule has 0 N–H and O–H groups in total. The fourth-order valence-corrected chi connectivity index (χ4v) is 4.85. The first-order valence-corrected chi connectivity index (χ1v) is 9.20. The fourth-order valence-electron chi connectivity index (χ4n) is 4.85. The summed E-state index contributed by atoms with van der Waals surface area (Å²) >= 11 is 0. The third-order valence-corrected chi connectivity index (χ3v) is 6.01. The molecule has 1 aromatic heterocycles. The van der Waals surface area contributed by atoms with Gasteiger partial charge >= 0.3 is 0 Å². The molecule has 3 aliphatic carbocycles. The van der Waals surface area contributed by atoms with Gasteiger partial charge in [0.15, 0.2) is 0 Å². The molecule has 144 valence electrons. The highest BCUT2D eigenvalue weighted by Crippen LogP contribution is 2.74. The minimum atomic E-state index is -0.594. The Morgan fingerprint density at radius 3 is 2.82 bits per heavy atom. The smallest absolute Gasteiger partial charge is 0.249 e. The molecule has 8 heteroatoms. The topological polar surface area (TPSA) is 67.7 Å². The Labute approximate surface area is 160 Å².